The monoisotopic (exact) mass is 438 g/mol. The van der Waals surface area contributed by atoms with E-state index in [4.69, 9.17) is 4.74 Å². The molecule has 1 unspecified atom stereocenters. The van der Waals surface area contributed by atoms with Gasteiger partial charge in [-0.3, -0.25) is 9.59 Å². The lowest BCUT2D eigenvalue weighted by molar-refractivity contribution is -0.118. The minimum absolute atomic E-state index is 0.130. The number of amides is 1. The van der Waals surface area contributed by atoms with Gasteiger partial charge in [0.1, 0.15) is 11.6 Å². The van der Waals surface area contributed by atoms with Crippen molar-refractivity contribution in [3.05, 3.63) is 71.6 Å². The van der Waals surface area contributed by atoms with Crippen LogP contribution in [-0.2, 0) is 9.53 Å². The molecule has 0 bridgehead atoms. The van der Waals surface area contributed by atoms with Gasteiger partial charge in [-0.25, -0.2) is 18.9 Å². The SMILES string of the molecule is Cc1nc(C(=O)OC(C)C(=O)c2ccc(NC(=O)C(C)C)cc2)nn1-c1ccc(F)cc1. The van der Waals surface area contributed by atoms with Crippen LogP contribution in [0.15, 0.2) is 48.5 Å². The molecule has 0 saturated heterocycles. The summed E-state index contributed by atoms with van der Waals surface area (Å²) in [7, 11) is 0. The minimum atomic E-state index is -1.07. The first-order chi connectivity index (χ1) is 15.2. The van der Waals surface area contributed by atoms with Crippen LogP contribution in [0, 0.1) is 18.7 Å². The summed E-state index contributed by atoms with van der Waals surface area (Å²) >= 11 is 0. The minimum Gasteiger partial charge on any atom is -0.448 e. The molecule has 32 heavy (non-hydrogen) atoms. The Bertz CT molecular complexity index is 1140. The number of hydrogen-bond acceptors (Lipinski definition) is 6. The second-order valence-corrected chi connectivity index (χ2v) is 7.50. The molecule has 0 spiro atoms. The van der Waals surface area contributed by atoms with Gasteiger partial charge in [-0.2, -0.15) is 0 Å². The Balaban J connectivity index is 1.66. The molecule has 2 aromatic carbocycles. The number of halogens is 1. The summed E-state index contributed by atoms with van der Waals surface area (Å²) in [5.41, 5.74) is 1.42. The van der Waals surface area contributed by atoms with Crippen LogP contribution in [0.4, 0.5) is 10.1 Å². The number of carbonyl (C=O) groups is 3. The number of aromatic nitrogens is 3. The lowest BCUT2D eigenvalue weighted by Crippen LogP contribution is -2.25. The molecule has 1 atom stereocenters. The maximum absolute atomic E-state index is 13.1. The molecule has 3 rings (SSSR count). The van der Waals surface area contributed by atoms with E-state index in [0.29, 0.717) is 22.8 Å². The van der Waals surface area contributed by atoms with Gasteiger partial charge < -0.3 is 10.1 Å². The number of carbonyl (C=O) groups excluding carboxylic acids is 3. The molecule has 166 valence electrons. The van der Waals surface area contributed by atoms with Crippen molar-refractivity contribution < 1.29 is 23.5 Å². The fourth-order valence-electron chi connectivity index (χ4n) is 2.81. The molecule has 1 N–H and O–H groups in total. The van der Waals surface area contributed by atoms with Crippen LogP contribution in [0.3, 0.4) is 0 Å². The summed E-state index contributed by atoms with van der Waals surface area (Å²) in [6.45, 7) is 6.66. The summed E-state index contributed by atoms with van der Waals surface area (Å²) in [4.78, 5) is 40.9. The van der Waals surface area contributed by atoms with Crippen molar-refractivity contribution in [2.24, 2.45) is 5.92 Å². The van der Waals surface area contributed by atoms with E-state index in [0.717, 1.165) is 0 Å². The second kappa shape index (κ2) is 9.51. The number of anilines is 1. The zero-order valence-corrected chi connectivity index (χ0v) is 18.1. The summed E-state index contributed by atoms with van der Waals surface area (Å²) in [5.74, 6) is -1.76. The van der Waals surface area contributed by atoms with Gasteiger partial charge in [-0.15, -0.1) is 5.10 Å². The number of hydrogen-bond donors (Lipinski definition) is 1. The van der Waals surface area contributed by atoms with Gasteiger partial charge in [0.05, 0.1) is 5.69 Å². The maximum Gasteiger partial charge on any atom is 0.378 e. The van der Waals surface area contributed by atoms with Gasteiger partial charge in [0.2, 0.25) is 11.7 Å². The predicted molar refractivity (Wildman–Crippen MR) is 115 cm³/mol. The number of nitrogens with one attached hydrogen (secondary N) is 1. The van der Waals surface area contributed by atoms with E-state index < -0.39 is 23.7 Å². The third-order valence-corrected chi connectivity index (χ3v) is 4.64. The summed E-state index contributed by atoms with van der Waals surface area (Å²) < 4.78 is 19.8. The average molecular weight is 438 g/mol. The molecule has 0 aliphatic rings. The number of ketones is 1. The molecule has 1 amide bonds. The highest BCUT2D eigenvalue weighted by atomic mass is 19.1. The predicted octanol–water partition coefficient (Wildman–Crippen LogP) is 3.74. The van der Waals surface area contributed by atoms with Crippen LogP contribution < -0.4 is 5.32 Å². The van der Waals surface area contributed by atoms with Crippen molar-refractivity contribution in [1.82, 2.24) is 14.8 Å². The molecule has 3 aromatic rings. The molecular weight excluding hydrogens is 415 g/mol. The first-order valence-corrected chi connectivity index (χ1v) is 10.0. The van der Waals surface area contributed by atoms with Crippen molar-refractivity contribution in [2.75, 3.05) is 5.32 Å². The molecule has 0 saturated carbocycles. The van der Waals surface area contributed by atoms with Gasteiger partial charge in [-0.05, 0) is 62.4 Å². The Morgan fingerprint density at radius 2 is 1.62 bits per heavy atom. The molecule has 0 aliphatic heterocycles. The zero-order valence-electron chi connectivity index (χ0n) is 18.1. The Morgan fingerprint density at radius 1 is 1.00 bits per heavy atom. The fourth-order valence-corrected chi connectivity index (χ4v) is 2.81. The molecule has 0 fully saturated rings. The molecule has 9 heteroatoms. The maximum atomic E-state index is 13.1. The lowest BCUT2D eigenvalue weighted by atomic mass is 10.1. The van der Waals surface area contributed by atoms with E-state index in [1.54, 1.807) is 45.0 Å². The quantitative estimate of drug-likeness (QED) is 0.445. The number of nitrogens with zero attached hydrogens (tertiary/aromatic N) is 3. The van der Waals surface area contributed by atoms with Crippen molar-refractivity contribution in [3.63, 3.8) is 0 Å². The van der Waals surface area contributed by atoms with Crippen LogP contribution in [0.5, 0.6) is 0 Å². The number of rotatable bonds is 7. The van der Waals surface area contributed by atoms with Crippen LogP contribution in [0.1, 0.15) is 47.6 Å². The van der Waals surface area contributed by atoms with Crippen LogP contribution in [0.2, 0.25) is 0 Å². The van der Waals surface area contributed by atoms with Crippen molar-refractivity contribution in [2.45, 2.75) is 33.8 Å². The Hall–Kier alpha value is -3.88. The van der Waals surface area contributed by atoms with Gasteiger partial charge in [0.15, 0.2) is 6.10 Å². The first-order valence-electron chi connectivity index (χ1n) is 10.0. The van der Waals surface area contributed by atoms with Crippen molar-refractivity contribution in [1.29, 1.82) is 0 Å². The van der Waals surface area contributed by atoms with Gasteiger partial charge in [0, 0.05) is 17.2 Å². The Labute approximate surface area is 184 Å². The second-order valence-electron chi connectivity index (χ2n) is 7.50. The van der Waals surface area contributed by atoms with E-state index in [1.807, 2.05) is 0 Å². The summed E-state index contributed by atoms with van der Waals surface area (Å²) in [5, 5.41) is 6.84. The van der Waals surface area contributed by atoms with Gasteiger partial charge >= 0.3 is 5.97 Å². The third kappa shape index (κ3) is 5.23. The van der Waals surface area contributed by atoms with E-state index >= 15 is 0 Å². The number of benzene rings is 2. The van der Waals surface area contributed by atoms with Crippen LogP contribution >= 0.6 is 0 Å². The van der Waals surface area contributed by atoms with Gasteiger partial charge in [-0.1, -0.05) is 13.8 Å². The third-order valence-electron chi connectivity index (χ3n) is 4.64. The summed E-state index contributed by atoms with van der Waals surface area (Å²) in [6.07, 6.45) is -1.07. The molecule has 8 nitrogen and oxygen atoms in total. The van der Waals surface area contributed by atoms with E-state index in [1.165, 1.54) is 35.9 Å². The van der Waals surface area contributed by atoms with Crippen molar-refractivity contribution in [3.8, 4) is 5.69 Å². The highest BCUT2D eigenvalue weighted by Crippen LogP contribution is 2.15. The number of Topliss-reactive ketones (excluding diaryl/α,β-unsaturated/α-hetero) is 1. The Morgan fingerprint density at radius 3 is 2.22 bits per heavy atom. The zero-order chi connectivity index (χ0) is 23.4. The van der Waals surface area contributed by atoms with Crippen LogP contribution in [-0.4, -0.2) is 38.5 Å². The average Bonchev–Trinajstić information content (AvgIpc) is 3.16. The Kier molecular flexibility index (Phi) is 6.77. The lowest BCUT2D eigenvalue weighted by Gasteiger charge is -2.12. The standard InChI is InChI=1S/C23H23FN4O4/c1-13(2)22(30)26-18-9-5-16(6-10-18)20(29)14(3)32-23(31)21-25-15(4)28(27-21)19-11-7-17(24)8-12-19/h5-14H,1-4H3,(H,26,30). The van der Waals surface area contributed by atoms with E-state index in [-0.39, 0.29) is 17.6 Å². The van der Waals surface area contributed by atoms with E-state index in [2.05, 4.69) is 15.4 Å². The molecule has 1 heterocycles. The topological polar surface area (TPSA) is 103 Å². The van der Waals surface area contributed by atoms with Crippen molar-refractivity contribution >= 4 is 23.3 Å². The first kappa shape index (κ1) is 22.8. The molecule has 0 radical (unpaired) electrons. The largest absolute Gasteiger partial charge is 0.448 e. The van der Waals surface area contributed by atoms with Crippen LogP contribution in [0.25, 0.3) is 5.69 Å². The van der Waals surface area contributed by atoms with Gasteiger partial charge in [0.25, 0.3) is 5.82 Å². The fraction of sp³-hybridized carbons (Fsp3) is 0.261. The van der Waals surface area contributed by atoms with E-state index in [9.17, 15) is 18.8 Å². The molecular formula is C23H23FN4O4. The molecule has 0 aliphatic carbocycles. The highest BCUT2D eigenvalue weighted by Gasteiger charge is 2.24. The molecule has 1 aromatic heterocycles. The normalized spacial score (nSPS) is 11.8. The number of ether oxygens (including phenoxy) is 1. The number of esters is 1. The highest BCUT2D eigenvalue weighted by molar-refractivity contribution is 6.01. The number of aryl methyl sites for hydroxylation is 1. The smallest absolute Gasteiger partial charge is 0.378 e. The summed E-state index contributed by atoms with van der Waals surface area (Å²) in [6, 6.07) is 11.9.